The summed E-state index contributed by atoms with van der Waals surface area (Å²) in [7, 11) is 0. The molecule has 2 N–H and O–H groups in total. The van der Waals surface area contributed by atoms with Crippen molar-refractivity contribution in [3.8, 4) is 11.3 Å². The number of nitro groups is 1. The average Bonchev–Trinajstić information content (AvgIpc) is 3.10. The van der Waals surface area contributed by atoms with Gasteiger partial charge in [-0.25, -0.2) is 0 Å². The van der Waals surface area contributed by atoms with Crippen LogP contribution >= 0.6 is 15.9 Å². The lowest BCUT2D eigenvalue weighted by Crippen LogP contribution is -2.21. The van der Waals surface area contributed by atoms with E-state index in [9.17, 15) is 10.1 Å². The molecule has 0 saturated carbocycles. The molecule has 0 aliphatic heterocycles. The van der Waals surface area contributed by atoms with Crippen LogP contribution in [0.15, 0.2) is 63.5 Å². The summed E-state index contributed by atoms with van der Waals surface area (Å²) in [4.78, 5) is 10.2. The first-order valence-electron chi connectivity index (χ1n) is 8.57. The van der Waals surface area contributed by atoms with Gasteiger partial charge in [-0.3, -0.25) is 10.1 Å². The van der Waals surface area contributed by atoms with Gasteiger partial charge in [-0.05, 0) is 55.0 Å². The number of rotatable bonds is 8. The van der Waals surface area contributed by atoms with E-state index in [0.717, 1.165) is 39.4 Å². The summed E-state index contributed by atoms with van der Waals surface area (Å²) >= 11 is 3.47. The van der Waals surface area contributed by atoms with Crippen molar-refractivity contribution < 1.29 is 9.34 Å². The number of nitrogens with one attached hydrogen (secondary N) is 2. The fraction of sp³-hybridized carbons (Fsp3) is 0.200. The summed E-state index contributed by atoms with van der Waals surface area (Å²) in [6, 6.07) is 16.5. The number of benzene rings is 2. The van der Waals surface area contributed by atoms with Gasteiger partial charge in [0.1, 0.15) is 11.5 Å². The lowest BCUT2D eigenvalue weighted by Gasteiger charge is -2.07. The van der Waals surface area contributed by atoms with Crippen LogP contribution in [0, 0.1) is 17.0 Å². The standard InChI is InChI=1S/C20H20BrN3O3/c1-14-12-15(21)2-8-19(14)20-9-7-18(27-20)13-22-10-11-23-16-3-5-17(6-4-16)24(25)26/h2-9,12,22-23H,10-11,13H2,1H3. The highest BCUT2D eigenvalue weighted by Gasteiger charge is 2.08. The summed E-state index contributed by atoms with van der Waals surface area (Å²) in [6.45, 7) is 4.14. The monoisotopic (exact) mass is 429 g/mol. The van der Waals surface area contributed by atoms with Gasteiger partial charge in [0.2, 0.25) is 0 Å². The molecule has 1 aromatic heterocycles. The van der Waals surface area contributed by atoms with Crippen molar-refractivity contribution >= 4 is 27.3 Å². The van der Waals surface area contributed by atoms with Crippen LogP contribution in [0.5, 0.6) is 0 Å². The molecule has 0 bridgehead atoms. The summed E-state index contributed by atoms with van der Waals surface area (Å²) in [5, 5.41) is 17.2. The van der Waals surface area contributed by atoms with Gasteiger partial charge in [0.15, 0.2) is 0 Å². The second-order valence-electron chi connectivity index (χ2n) is 6.13. The third kappa shape index (κ3) is 5.18. The fourth-order valence-corrected chi connectivity index (χ4v) is 3.20. The lowest BCUT2D eigenvalue weighted by molar-refractivity contribution is -0.384. The summed E-state index contributed by atoms with van der Waals surface area (Å²) in [5.41, 5.74) is 3.19. The van der Waals surface area contributed by atoms with Gasteiger partial charge in [0.05, 0.1) is 11.5 Å². The van der Waals surface area contributed by atoms with Crippen molar-refractivity contribution in [2.45, 2.75) is 13.5 Å². The molecule has 1 heterocycles. The first-order chi connectivity index (χ1) is 13.0. The van der Waals surface area contributed by atoms with E-state index < -0.39 is 4.92 Å². The zero-order valence-electron chi connectivity index (χ0n) is 14.9. The molecular weight excluding hydrogens is 410 g/mol. The third-order valence-electron chi connectivity index (χ3n) is 4.12. The van der Waals surface area contributed by atoms with Crippen LogP contribution < -0.4 is 10.6 Å². The topological polar surface area (TPSA) is 80.3 Å². The van der Waals surface area contributed by atoms with Crippen molar-refractivity contribution in [2.24, 2.45) is 0 Å². The highest BCUT2D eigenvalue weighted by Crippen LogP contribution is 2.27. The van der Waals surface area contributed by atoms with Crippen molar-refractivity contribution in [3.63, 3.8) is 0 Å². The Hall–Kier alpha value is -2.64. The van der Waals surface area contributed by atoms with Crippen LogP contribution in [0.4, 0.5) is 11.4 Å². The van der Waals surface area contributed by atoms with Crippen molar-refractivity contribution in [2.75, 3.05) is 18.4 Å². The van der Waals surface area contributed by atoms with Crippen LogP contribution in [0.3, 0.4) is 0 Å². The predicted molar refractivity (Wildman–Crippen MR) is 110 cm³/mol. The smallest absolute Gasteiger partial charge is 0.269 e. The molecule has 3 rings (SSSR count). The number of aryl methyl sites for hydroxylation is 1. The second-order valence-corrected chi connectivity index (χ2v) is 7.05. The molecule has 2 aromatic carbocycles. The number of halogens is 1. The average molecular weight is 430 g/mol. The number of nitro benzene ring substituents is 1. The van der Waals surface area contributed by atoms with Gasteiger partial charge < -0.3 is 15.1 Å². The number of nitrogens with zero attached hydrogens (tertiary/aromatic N) is 1. The SMILES string of the molecule is Cc1cc(Br)ccc1-c1ccc(CNCCNc2ccc([N+](=O)[O-])cc2)o1. The summed E-state index contributed by atoms with van der Waals surface area (Å²) in [5.74, 6) is 1.74. The Bertz CT molecular complexity index is 922. The molecular formula is C20H20BrN3O3. The number of non-ortho nitro benzene ring substituents is 1. The number of furan rings is 1. The maximum absolute atomic E-state index is 10.6. The van der Waals surface area contributed by atoms with Gasteiger partial charge in [0.25, 0.3) is 5.69 Å². The van der Waals surface area contributed by atoms with Crippen LogP contribution in [-0.2, 0) is 6.54 Å². The molecule has 0 aliphatic carbocycles. The third-order valence-corrected chi connectivity index (χ3v) is 4.62. The Labute approximate surface area is 165 Å². The quantitative estimate of drug-likeness (QED) is 0.294. The van der Waals surface area contributed by atoms with Gasteiger partial charge in [-0.15, -0.1) is 0 Å². The van der Waals surface area contributed by atoms with Gasteiger partial charge >= 0.3 is 0 Å². The largest absolute Gasteiger partial charge is 0.460 e. The minimum Gasteiger partial charge on any atom is -0.460 e. The van der Waals surface area contributed by atoms with Crippen LogP contribution in [0.2, 0.25) is 0 Å². The Kier molecular flexibility index (Phi) is 6.26. The van der Waals surface area contributed by atoms with E-state index in [4.69, 9.17) is 4.42 Å². The highest BCUT2D eigenvalue weighted by molar-refractivity contribution is 9.10. The lowest BCUT2D eigenvalue weighted by atomic mass is 10.1. The number of anilines is 1. The maximum atomic E-state index is 10.6. The molecule has 7 heteroatoms. The molecule has 0 saturated heterocycles. The van der Waals surface area contributed by atoms with Gasteiger partial charge in [-0.2, -0.15) is 0 Å². The van der Waals surface area contributed by atoms with Gasteiger partial charge in [-0.1, -0.05) is 15.9 Å². The van der Waals surface area contributed by atoms with Crippen molar-refractivity contribution in [1.29, 1.82) is 0 Å². The first-order valence-corrected chi connectivity index (χ1v) is 9.36. The first kappa shape index (κ1) is 19.1. The molecule has 3 aromatic rings. The van der Waals surface area contributed by atoms with E-state index in [1.165, 1.54) is 12.1 Å². The Morgan fingerprint density at radius 1 is 1.07 bits per heavy atom. The zero-order valence-corrected chi connectivity index (χ0v) is 16.5. The molecule has 27 heavy (non-hydrogen) atoms. The Morgan fingerprint density at radius 2 is 1.85 bits per heavy atom. The maximum Gasteiger partial charge on any atom is 0.269 e. The van der Waals surface area contributed by atoms with E-state index in [1.54, 1.807) is 12.1 Å². The summed E-state index contributed by atoms with van der Waals surface area (Å²) in [6.07, 6.45) is 0. The Morgan fingerprint density at radius 3 is 2.56 bits per heavy atom. The molecule has 0 aliphatic rings. The molecule has 0 radical (unpaired) electrons. The predicted octanol–water partition coefficient (Wildman–Crippen LogP) is 5.13. The second kappa shape index (κ2) is 8.83. The highest BCUT2D eigenvalue weighted by atomic mass is 79.9. The summed E-state index contributed by atoms with van der Waals surface area (Å²) < 4.78 is 6.98. The van der Waals surface area contributed by atoms with E-state index in [0.29, 0.717) is 13.1 Å². The number of hydrogen-bond donors (Lipinski definition) is 2. The van der Waals surface area contributed by atoms with Crippen molar-refractivity contribution in [1.82, 2.24) is 5.32 Å². The van der Waals surface area contributed by atoms with E-state index in [-0.39, 0.29) is 5.69 Å². The fourth-order valence-electron chi connectivity index (χ4n) is 2.73. The van der Waals surface area contributed by atoms with Crippen LogP contribution in [-0.4, -0.2) is 18.0 Å². The van der Waals surface area contributed by atoms with E-state index in [2.05, 4.69) is 39.6 Å². The van der Waals surface area contributed by atoms with E-state index in [1.807, 2.05) is 24.3 Å². The molecule has 0 unspecified atom stereocenters. The zero-order chi connectivity index (χ0) is 19.2. The molecule has 0 amide bonds. The Balaban J connectivity index is 1.44. The van der Waals surface area contributed by atoms with Crippen molar-refractivity contribution in [3.05, 3.63) is 80.5 Å². The molecule has 6 nitrogen and oxygen atoms in total. The number of hydrogen-bond acceptors (Lipinski definition) is 5. The minimum absolute atomic E-state index is 0.0910. The molecule has 0 fully saturated rings. The molecule has 0 spiro atoms. The van der Waals surface area contributed by atoms with Crippen LogP contribution in [0.25, 0.3) is 11.3 Å². The normalized spacial score (nSPS) is 10.7. The molecule has 0 atom stereocenters. The molecule has 140 valence electrons. The van der Waals surface area contributed by atoms with E-state index >= 15 is 0 Å². The van der Waals surface area contributed by atoms with Gasteiger partial charge in [0, 0.05) is 40.9 Å². The minimum atomic E-state index is -0.404. The van der Waals surface area contributed by atoms with Crippen LogP contribution in [0.1, 0.15) is 11.3 Å².